The Morgan fingerprint density at radius 1 is 0.506 bits per heavy atom. The molecule has 462 valence electrons. The predicted octanol–water partition coefficient (Wildman–Crippen LogP) is 8.24. The first-order valence-electron chi connectivity index (χ1n) is 26.8. The van der Waals surface area contributed by atoms with Crippen molar-refractivity contribution < 1.29 is 59.9 Å². The Morgan fingerprint density at radius 3 is 1.33 bits per heavy atom. The van der Waals surface area contributed by atoms with Gasteiger partial charge in [-0.1, -0.05) is 91.0 Å². The molecule has 0 radical (unpaired) electrons. The lowest BCUT2D eigenvalue weighted by Gasteiger charge is -2.18. The first kappa shape index (κ1) is 64.8. The molecule has 0 aliphatic carbocycles. The molecule has 0 spiro atoms. The number of methoxy groups -OCH3 is 2. The fourth-order valence-corrected chi connectivity index (χ4v) is 11.1. The van der Waals surface area contributed by atoms with Crippen LogP contribution in [0, 0.1) is 6.92 Å². The van der Waals surface area contributed by atoms with Crippen molar-refractivity contribution in [3.63, 3.8) is 0 Å². The number of fused-ring (bicyclic) bond motifs is 3. The summed E-state index contributed by atoms with van der Waals surface area (Å²) in [5, 5.41) is 0. The number of benzene rings is 3. The lowest BCUT2D eigenvalue weighted by Crippen LogP contribution is -2.13. The lowest BCUT2D eigenvalue weighted by molar-refractivity contribution is 0.114. The predicted molar refractivity (Wildman–Crippen MR) is 324 cm³/mol. The maximum Gasteiger partial charge on any atom is 0.356 e. The van der Waals surface area contributed by atoms with Crippen LogP contribution in [-0.4, -0.2) is 125 Å². The van der Waals surface area contributed by atoms with Crippen LogP contribution >= 0.6 is 22.3 Å². The fraction of sp³-hybridized carbons (Fsp3) is 0.327. The van der Waals surface area contributed by atoms with Crippen LogP contribution in [-0.2, 0) is 92.1 Å². The molecular formula is C55H68N15O14P3. The van der Waals surface area contributed by atoms with Crippen LogP contribution in [0.2, 0.25) is 0 Å². The molecule has 0 saturated carbocycles. The summed E-state index contributed by atoms with van der Waals surface area (Å²) in [6.07, 6.45) is 4.50. The maximum absolute atomic E-state index is 13.4. The molecule has 0 aliphatic rings. The molecule has 10 aromatic rings. The number of hydrogen-bond donors (Lipinski definition) is 4. The van der Waals surface area contributed by atoms with Crippen LogP contribution < -0.4 is 32.2 Å². The molecule has 32 heteroatoms. The van der Waals surface area contributed by atoms with E-state index >= 15 is 0 Å². The van der Waals surface area contributed by atoms with Crippen molar-refractivity contribution in [3.05, 3.63) is 161 Å². The molecule has 0 aliphatic heterocycles. The highest BCUT2D eigenvalue weighted by Crippen LogP contribution is 2.50. The van der Waals surface area contributed by atoms with E-state index in [0.717, 1.165) is 22.5 Å². The summed E-state index contributed by atoms with van der Waals surface area (Å²) in [6, 6.07) is 32.1. The van der Waals surface area contributed by atoms with Gasteiger partial charge in [0, 0.05) is 33.0 Å². The van der Waals surface area contributed by atoms with E-state index in [1.54, 1.807) is 45.8 Å². The van der Waals surface area contributed by atoms with E-state index in [0.29, 0.717) is 78.3 Å². The number of aryl methyl sites for hydroxylation is 1. The average Bonchev–Trinajstić information content (AvgIpc) is 2.60. The highest BCUT2D eigenvalue weighted by atomic mass is 31.2. The minimum atomic E-state index is -3.59. The molecule has 3 unspecified atom stereocenters. The van der Waals surface area contributed by atoms with Gasteiger partial charge in [-0.3, -0.25) is 28.0 Å². The van der Waals surface area contributed by atoms with Crippen molar-refractivity contribution in [3.8, 4) is 11.8 Å². The van der Waals surface area contributed by atoms with Crippen LogP contribution in [0.3, 0.4) is 0 Å². The second-order valence-corrected chi connectivity index (χ2v) is 26.4. The molecule has 7 heterocycles. The molecule has 0 bridgehead atoms. The zero-order valence-electron chi connectivity index (χ0n) is 48.4. The third kappa shape index (κ3) is 19.4. The summed E-state index contributed by atoms with van der Waals surface area (Å²) in [5.74, 6) is 2.12. The van der Waals surface area contributed by atoms with E-state index in [1.165, 1.54) is 20.5 Å². The minimum Gasteiger partial charge on any atom is -0.479 e. The van der Waals surface area contributed by atoms with E-state index in [-0.39, 0.29) is 81.0 Å². The zero-order valence-corrected chi connectivity index (χ0v) is 51.1. The smallest absolute Gasteiger partial charge is 0.356 e. The van der Waals surface area contributed by atoms with Gasteiger partial charge in [-0.15, -0.1) is 0 Å². The van der Waals surface area contributed by atoms with Gasteiger partial charge in [0.2, 0.25) is 44.3 Å². The standard InChI is InChI=1S/C22H26N5O6P.C17H22N5O4P.C16H20N5O4P/c1-16-8-9-18(33-16)13-32-34(28,31-12-17-6-4-3-5-7-17)15-30-11-10-27-14-24-19-20(27)25-22(23)26-21(19)29-2;1-24-16-14-15(20-17(18)21-16)22(11-19-14)8-9-25-12-27(2,23)26-10-13-6-4-3-5-7-13;1-26(23,25-9-12-5-3-2-4-6-12)11-24-8-7-21-10-18-13-14(21)19-16(17)20-15(13)22/h3-9,14H,10-13,15H2,1-2H3,(H2,23,25,26);3-7,11H,8-10,12H2,1-2H3,(H2,18,20,21);2-6,10H,7-9,11H2,1H3,(H3,17,19,20,22). The fourth-order valence-electron chi connectivity index (χ4n) is 7.97. The monoisotopic (exact) mass is 1260 g/mol. The van der Waals surface area contributed by atoms with Crippen LogP contribution in [0.15, 0.2) is 131 Å². The number of rotatable bonds is 29. The number of H-pyrrole nitrogens is 1. The Morgan fingerprint density at radius 2 is 0.908 bits per heavy atom. The molecule has 29 nitrogen and oxygen atoms in total. The number of hydrogen-bond acceptors (Lipinski definition) is 25. The van der Waals surface area contributed by atoms with Gasteiger partial charge >= 0.3 is 7.60 Å². The van der Waals surface area contributed by atoms with Gasteiger partial charge in [-0.2, -0.15) is 24.9 Å². The normalized spacial score (nSPS) is 13.5. The zero-order chi connectivity index (χ0) is 61.8. The number of nitrogens with zero attached hydrogens (tertiary/aromatic N) is 11. The molecular weight excluding hydrogens is 1190 g/mol. The summed E-state index contributed by atoms with van der Waals surface area (Å²) < 4.78 is 98.4. The second kappa shape index (κ2) is 30.9. The van der Waals surface area contributed by atoms with Crippen molar-refractivity contribution in [1.29, 1.82) is 0 Å². The summed E-state index contributed by atoms with van der Waals surface area (Å²) in [5.41, 5.74) is 22.1. The van der Waals surface area contributed by atoms with Gasteiger partial charge in [0.05, 0.1) is 72.8 Å². The van der Waals surface area contributed by atoms with Gasteiger partial charge in [-0.25, -0.2) is 15.0 Å². The average molecular weight is 1260 g/mol. The van der Waals surface area contributed by atoms with Gasteiger partial charge < -0.3 is 72.6 Å². The topological polar surface area (TPSA) is 376 Å². The van der Waals surface area contributed by atoms with Crippen molar-refractivity contribution in [2.45, 2.75) is 53.0 Å². The molecule has 0 saturated heterocycles. The molecule has 3 aromatic carbocycles. The number of nitrogen functional groups attached to an aromatic ring is 3. The molecule has 87 heavy (non-hydrogen) atoms. The number of aromatic nitrogens is 12. The third-order valence-corrected chi connectivity index (χ3v) is 16.5. The number of nitrogens with two attached hydrogens (primary N) is 3. The molecule has 7 aromatic heterocycles. The highest BCUT2D eigenvalue weighted by molar-refractivity contribution is 7.58. The first-order chi connectivity index (χ1) is 41.9. The summed E-state index contributed by atoms with van der Waals surface area (Å²) in [7, 11) is -6.32. The summed E-state index contributed by atoms with van der Waals surface area (Å²) >= 11 is 0. The van der Waals surface area contributed by atoms with Gasteiger partial charge in [-0.05, 0) is 35.7 Å². The number of furan rings is 1. The van der Waals surface area contributed by atoms with Crippen LogP contribution in [0.5, 0.6) is 11.8 Å². The van der Waals surface area contributed by atoms with Gasteiger partial charge in [0.15, 0.2) is 33.5 Å². The Bertz CT molecular complexity index is 4020. The SMILES string of the molecule is COc1nc(N)nc2c1ncn2CCOCP(=O)(OCc1ccccc1)OCc1ccc(C)o1.COc1nc(N)nc2c1ncn2CCOCP(C)(=O)OCc1ccccc1.CP(=O)(COCCn1cnc2c(=O)[nH]c(N)nc21)OCc1ccccc1. The van der Waals surface area contributed by atoms with Crippen LogP contribution in [0.4, 0.5) is 17.8 Å². The van der Waals surface area contributed by atoms with Crippen molar-refractivity contribution >= 4 is 73.7 Å². The van der Waals surface area contributed by atoms with E-state index in [2.05, 4.69) is 44.9 Å². The number of anilines is 3. The minimum absolute atomic E-state index is 0.00259. The van der Waals surface area contributed by atoms with E-state index in [9.17, 15) is 18.5 Å². The largest absolute Gasteiger partial charge is 0.479 e. The Labute approximate surface area is 499 Å². The number of ether oxygens (including phenoxy) is 5. The molecule has 0 fully saturated rings. The molecule has 7 N–H and O–H groups in total. The number of aromatic amines is 1. The summed E-state index contributed by atoms with van der Waals surface area (Å²) in [4.78, 5) is 47.1. The van der Waals surface area contributed by atoms with Crippen LogP contribution in [0.1, 0.15) is 28.2 Å². The van der Waals surface area contributed by atoms with E-state index in [4.69, 9.17) is 63.4 Å². The molecule has 3 atom stereocenters. The lowest BCUT2D eigenvalue weighted by atomic mass is 10.2. The maximum atomic E-state index is 13.4. The Hall–Kier alpha value is -8.20. The quantitative estimate of drug-likeness (QED) is 0.0253. The van der Waals surface area contributed by atoms with E-state index < -0.39 is 22.3 Å². The summed E-state index contributed by atoms with van der Waals surface area (Å²) in [6.45, 7) is 7.68. The number of nitrogens with one attached hydrogen (secondary N) is 1. The van der Waals surface area contributed by atoms with Gasteiger partial charge in [0.1, 0.15) is 37.2 Å². The Balaban J connectivity index is 0.000000171. The Kier molecular flexibility index (Phi) is 23.0. The van der Waals surface area contributed by atoms with E-state index in [1.807, 2.05) is 104 Å². The van der Waals surface area contributed by atoms with Crippen molar-refractivity contribution in [2.75, 3.05) is 83.6 Å². The first-order valence-corrected chi connectivity index (χ1v) is 33.1. The molecule has 0 amide bonds. The van der Waals surface area contributed by atoms with Crippen LogP contribution in [0.25, 0.3) is 33.5 Å². The third-order valence-electron chi connectivity index (χ3n) is 12.3. The second-order valence-electron chi connectivity index (χ2n) is 19.3. The van der Waals surface area contributed by atoms with Crippen molar-refractivity contribution in [1.82, 2.24) is 58.6 Å². The highest BCUT2D eigenvalue weighted by Gasteiger charge is 2.27. The number of imidazole rings is 3. The van der Waals surface area contributed by atoms with Gasteiger partial charge in [0.25, 0.3) is 5.56 Å². The van der Waals surface area contributed by atoms with Crippen molar-refractivity contribution in [2.24, 2.45) is 0 Å². The molecule has 10 rings (SSSR count).